The quantitative estimate of drug-likeness (QED) is 0.287. The average Bonchev–Trinajstić information content (AvgIpc) is 3.74. The van der Waals surface area contributed by atoms with E-state index in [1.54, 1.807) is 12.1 Å². The summed E-state index contributed by atoms with van der Waals surface area (Å²) in [6.45, 7) is 5.56. The largest absolute Gasteiger partial charge is 0.481 e. The van der Waals surface area contributed by atoms with Crippen LogP contribution in [0.5, 0.6) is 11.5 Å². The molecule has 3 aromatic carbocycles. The minimum Gasteiger partial charge on any atom is -0.481 e. The fourth-order valence-electron chi connectivity index (χ4n) is 8.14. The number of aliphatic carboxylic acids is 1. The van der Waals surface area contributed by atoms with E-state index >= 15 is 4.39 Å². The minimum absolute atomic E-state index is 0.0174. The Kier molecular flexibility index (Phi) is 7.01. The number of carboxylic acids is 1. The van der Waals surface area contributed by atoms with Crippen molar-refractivity contribution in [3.63, 3.8) is 0 Å². The molecule has 0 radical (unpaired) electrons. The van der Waals surface area contributed by atoms with Crippen molar-refractivity contribution in [2.24, 2.45) is 5.92 Å². The van der Waals surface area contributed by atoms with Crippen LogP contribution in [0.3, 0.4) is 0 Å². The molecule has 0 bridgehead atoms. The fourth-order valence-corrected chi connectivity index (χ4v) is 8.14. The first-order valence-electron chi connectivity index (χ1n) is 15.6. The van der Waals surface area contributed by atoms with Crippen LogP contribution in [-0.4, -0.2) is 63.7 Å². The van der Waals surface area contributed by atoms with E-state index in [9.17, 15) is 23.9 Å². The molecule has 0 amide bonds. The summed E-state index contributed by atoms with van der Waals surface area (Å²) in [5.74, 6) is -2.70. The number of hydrogen-bond donors (Lipinski definition) is 2. The molecular weight excluding hydrogens is 584 g/mol. The lowest BCUT2D eigenvalue weighted by Gasteiger charge is -2.59. The Morgan fingerprint density at radius 2 is 1.69 bits per heavy atom. The number of aliphatic hydroxyl groups is 1. The van der Waals surface area contributed by atoms with Gasteiger partial charge in [-0.3, -0.25) is 19.3 Å². The second kappa shape index (κ2) is 10.6. The number of aryl methyl sites for hydroxylation is 1. The predicted molar refractivity (Wildman–Crippen MR) is 159 cm³/mol. The van der Waals surface area contributed by atoms with Crippen LogP contribution in [0.2, 0.25) is 0 Å². The van der Waals surface area contributed by atoms with Crippen molar-refractivity contribution in [2.75, 3.05) is 13.1 Å². The lowest BCUT2D eigenvalue weighted by molar-refractivity contribution is -0.181. The van der Waals surface area contributed by atoms with Crippen LogP contribution >= 0.6 is 0 Å². The highest BCUT2D eigenvalue weighted by Gasteiger charge is 2.70. The van der Waals surface area contributed by atoms with Gasteiger partial charge in [-0.05, 0) is 74.8 Å². The van der Waals surface area contributed by atoms with Crippen LogP contribution in [0.1, 0.15) is 61.3 Å². The molecule has 2 aliphatic carbocycles. The molecule has 3 aromatic rings. The molecule has 4 aliphatic rings. The SMILES string of the molecule is Cc1ccc(OC(=O)Cc2ccc3c(F)c(CC(=O)O)ccc3c2F)c2c1[C@]13CCN(CC4CC4)[C@H](C)[C@]1(O)CCC(=O)[C@@H]3O2. The van der Waals surface area contributed by atoms with E-state index in [4.69, 9.17) is 14.6 Å². The number of carbonyl (C=O) groups excluding carboxylic acids is 2. The van der Waals surface area contributed by atoms with E-state index in [-0.39, 0.29) is 51.6 Å². The van der Waals surface area contributed by atoms with Crippen LogP contribution in [0, 0.1) is 24.5 Å². The molecule has 0 unspecified atom stereocenters. The zero-order valence-corrected chi connectivity index (χ0v) is 25.2. The van der Waals surface area contributed by atoms with Crippen LogP contribution in [0.15, 0.2) is 36.4 Å². The molecule has 2 N–H and O–H groups in total. The molecule has 4 atom stereocenters. The van der Waals surface area contributed by atoms with E-state index in [0.717, 1.165) is 12.1 Å². The van der Waals surface area contributed by atoms with Crippen molar-refractivity contribution in [1.82, 2.24) is 4.90 Å². The molecule has 7 rings (SSSR count). The molecule has 1 spiro atoms. The molecule has 45 heavy (non-hydrogen) atoms. The summed E-state index contributed by atoms with van der Waals surface area (Å²) < 4.78 is 42.4. The number of piperidine rings is 1. The lowest BCUT2D eigenvalue weighted by atomic mass is 9.52. The number of ether oxygens (including phenoxy) is 2. The monoisotopic (exact) mass is 619 g/mol. The van der Waals surface area contributed by atoms with Crippen molar-refractivity contribution >= 4 is 28.5 Å². The third kappa shape index (κ3) is 4.55. The van der Waals surface area contributed by atoms with Crippen LogP contribution in [0.25, 0.3) is 10.8 Å². The van der Waals surface area contributed by atoms with Crippen LogP contribution in [0.4, 0.5) is 8.78 Å². The van der Waals surface area contributed by atoms with Gasteiger partial charge in [0.25, 0.3) is 0 Å². The summed E-state index contributed by atoms with van der Waals surface area (Å²) in [5.41, 5.74) is -0.786. The van der Waals surface area contributed by atoms with Gasteiger partial charge in [0.15, 0.2) is 23.4 Å². The number of carbonyl (C=O) groups is 3. The Balaban J connectivity index is 1.19. The molecule has 2 saturated carbocycles. The summed E-state index contributed by atoms with van der Waals surface area (Å²) >= 11 is 0. The van der Waals surface area contributed by atoms with E-state index < -0.39 is 53.5 Å². The molecule has 10 heteroatoms. The van der Waals surface area contributed by atoms with Gasteiger partial charge in [-0.2, -0.15) is 0 Å². The van der Waals surface area contributed by atoms with Crippen LogP contribution in [-0.2, 0) is 32.6 Å². The number of fused-ring (bicyclic) bond motifs is 2. The average molecular weight is 620 g/mol. The number of hydrogen-bond acceptors (Lipinski definition) is 7. The van der Waals surface area contributed by atoms with Crippen molar-refractivity contribution in [3.05, 3.63) is 70.3 Å². The first-order chi connectivity index (χ1) is 21.4. The van der Waals surface area contributed by atoms with Gasteiger partial charge in [-0.15, -0.1) is 0 Å². The lowest BCUT2D eigenvalue weighted by Crippen LogP contribution is -2.74. The predicted octanol–water partition coefficient (Wildman–Crippen LogP) is 4.80. The first kappa shape index (κ1) is 29.8. The summed E-state index contributed by atoms with van der Waals surface area (Å²) in [6, 6.07) is 8.30. The Bertz CT molecular complexity index is 1770. The zero-order chi connectivity index (χ0) is 31.8. The van der Waals surface area contributed by atoms with Crippen molar-refractivity contribution in [1.29, 1.82) is 0 Å². The molecular formula is C35H35F2NO7. The number of esters is 1. The molecule has 2 heterocycles. The van der Waals surface area contributed by atoms with Crippen molar-refractivity contribution in [2.45, 2.75) is 82.0 Å². The van der Waals surface area contributed by atoms with Crippen molar-refractivity contribution in [3.8, 4) is 11.5 Å². The molecule has 0 aromatic heterocycles. The number of carboxylic acid groups (broad SMARTS) is 1. The summed E-state index contributed by atoms with van der Waals surface area (Å²) in [5, 5.41) is 21.4. The maximum Gasteiger partial charge on any atom is 0.315 e. The van der Waals surface area contributed by atoms with Gasteiger partial charge in [-0.1, -0.05) is 30.3 Å². The number of halogens is 2. The van der Waals surface area contributed by atoms with Gasteiger partial charge >= 0.3 is 11.9 Å². The van der Waals surface area contributed by atoms with Gasteiger partial charge in [0, 0.05) is 35.3 Å². The number of likely N-dealkylation sites (tertiary alicyclic amines) is 1. The summed E-state index contributed by atoms with van der Waals surface area (Å²) in [6.07, 6.45) is 1.51. The van der Waals surface area contributed by atoms with Gasteiger partial charge in [0.2, 0.25) is 0 Å². The number of benzene rings is 3. The van der Waals surface area contributed by atoms with Gasteiger partial charge < -0.3 is 19.7 Å². The van der Waals surface area contributed by atoms with Gasteiger partial charge in [0.05, 0.1) is 23.9 Å². The highest BCUT2D eigenvalue weighted by molar-refractivity contribution is 5.90. The van der Waals surface area contributed by atoms with E-state index in [2.05, 4.69) is 4.90 Å². The smallest absolute Gasteiger partial charge is 0.315 e. The summed E-state index contributed by atoms with van der Waals surface area (Å²) in [4.78, 5) is 40.0. The Morgan fingerprint density at radius 3 is 2.33 bits per heavy atom. The van der Waals surface area contributed by atoms with E-state index in [1.165, 1.54) is 37.1 Å². The third-order valence-electron chi connectivity index (χ3n) is 10.6. The molecule has 1 saturated heterocycles. The maximum atomic E-state index is 15.5. The van der Waals surface area contributed by atoms with E-state index in [0.29, 0.717) is 30.9 Å². The first-order valence-corrected chi connectivity index (χ1v) is 15.6. The van der Waals surface area contributed by atoms with Crippen LogP contribution < -0.4 is 9.47 Å². The molecule has 8 nitrogen and oxygen atoms in total. The zero-order valence-electron chi connectivity index (χ0n) is 25.2. The second-order valence-electron chi connectivity index (χ2n) is 13.2. The van der Waals surface area contributed by atoms with Gasteiger partial charge in [0.1, 0.15) is 11.6 Å². The second-order valence-corrected chi connectivity index (χ2v) is 13.2. The normalized spacial score (nSPS) is 27.4. The highest BCUT2D eigenvalue weighted by Crippen LogP contribution is 2.62. The third-order valence-corrected chi connectivity index (χ3v) is 10.6. The Labute approximate surface area is 258 Å². The number of nitrogens with zero attached hydrogens (tertiary/aromatic N) is 1. The standard InChI is InChI=1S/C35H35F2NO7/c1-18-3-10-26(44-28(42)16-22-7-9-23-24(31(22)37)8-6-21(30(23)36)15-27(40)41)32-29(18)34-13-14-38(17-20-4-5-20)19(2)35(34,43)12-11-25(39)33(34)45-32/h3,6-10,19-20,33,43H,4-5,11-17H2,1-2H3,(H,40,41)/t19-,33+,34+,35-/m1/s1. The van der Waals surface area contributed by atoms with Gasteiger partial charge in [-0.25, -0.2) is 8.78 Å². The summed E-state index contributed by atoms with van der Waals surface area (Å²) in [7, 11) is 0. The topological polar surface area (TPSA) is 113 Å². The fraction of sp³-hybridized carbons (Fsp3) is 0.457. The minimum atomic E-state index is -1.23. The van der Waals surface area contributed by atoms with Crippen molar-refractivity contribution < 1.29 is 42.9 Å². The molecule has 3 fully saturated rings. The number of rotatable bonds is 7. The highest BCUT2D eigenvalue weighted by atomic mass is 19.1. The van der Waals surface area contributed by atoms with E-state index in [1.807, 2.05) is 13.8 Å². The maximum absolute atomic E-state index is 15.5. The Hall–Kier alpha value is -3.89. The molecule has 2 aliphatic heterocycles. The molecule has 236 valence electrons. The number of ketones is 1. The Morgan fingerprint density at radius 1 is 1.02 bits per heavy atom. The number of Topliss-reactive ketones (excluding diaryl/α,β-unsaturated/α-hetero) is 1.